The first-order valence-corrected chi connectivity index (χ1v) is 7.08. The molecule has 0 fully saturated rings. The van der Waals surface area contributed by atoms with E-state index in [1.807, 2.05) is 32.2 Å². The van der Waals surface area contributed by atoms with Gasteiger partial charge in [0.15, 0.2) is 0 Å². The second-order valence-corrected chi connectivity index (χ2v) is 5.59. The summed E-state index contributed by atoms with van der Waals surface area (Å²) in [7, 11) is 0. The zero-order valence-electron chi connectivity index (χ0n) is 11.8. The molecule has 0 saturated heterocycles. The maximum atomic E-state index is 12.6. The number of hydrogen-bond acceptors (Lipinski definition) is 3. The Kier molecular flexibility index (Phi) is 3.51. The second-order valence-electron chi connectivity index (χ2n) is 5.15. The van der Waals surface area contributed by atoms with Gasteiger partial charge in [-0.1, -0.05) is 11.6 Å². The maximum absolute atomic E-state index is 12.6. The zero-order chi connectivity index (χ0) is 15.0. The molecule has 1 atom stereocenters. The van der Waals surface area contributed by atoms with E-state index in [2.05, 4.69) is 10.1 Å². The molecule has 0 bridgehead atoms. The molecule has 2 heterocycles. The molecule has 3 aromatic rings. The van der Waals surface area contributed by atoms with Gasteiger partial charge in [0, 0.05) is 17.4 Å². The molecule has 0 radical (unpaired) electrons. The molecule has 0 aliphatic heterocycles. The van der Waals surface area contributed by atoms with Crippen LogP contribution in [0.2, 0.25) is 5.02 Å². The van der Waals surface area contributed by atoms with E-state index >= 15 is 0 Å². The predicted molar refractivity (Wildman–Crippen MR) is 82.7 cm³/mol. The fraction of sp³-hybridized carbons (Fsp3) is 0.267. The molecule has 21 heavy (non-hydrogen) atoms. The van der Waals surface area contributed by atoms with Gasteiger partial charge in [0.25, 0.3) is 5.56 Å². The fourth-order valence-corrected chi connectivity index (χ4v) is 2.74. The first kappa shape index (κ1) is 13.8. The normalized spacial score (nSPS) is 12.7. The molecule has 3 rings (SSSR count). The minimum atomic E-state index is -0.0785. The largest absolute Gasteiger partial charge is 0.294 e. The molecular weight excluding hydrogens is 288 g/mol. The molecule has 2 aromatic heterocycles. The van der Waals surface area contributed by atoms with Crippen LogP contribution >= 0.6 is 11.6 Å². The highest BCUT2D eigenvalue weighted by Crippen LogP contribution is 2.19. The molecule has 5 nitrogen and oxygen atoms in total. The van der Waals surface area contributed by atoms with Gasteiger partial charge in [0.2, 0.25) is 0 Å². The number of rotatable bonds is 3. The van der Waals surface area contributed by atoms with Crippen LogP contribution in [0.3, 0.4) is 0 Å². The summed E-state index contributed by atoms with van der Waals surface area (Å²) in [5, 5.41) is 5.26. The molecule has 1 aromatic carbocycles. The van der Waals surface area contributed by atoms with E-state index in [0.717, 1.165) is 5.56 Å². The van der Waals surface area contributed by atoms with Crippen molar-refractivity contribution in [3.8, 4) is 0 Å². The van der Waals surface area contributed by atoms with Crippen molar-refractivity contribution >= 4 is 22.5 Å². The van der Waals surface area contributed by atoms with Crippen molar-refractivity contribution in [2.24, 2.45) is 0 Å². The van der Waals surface area contributed by atoms with Gasteiger partial charge in [0.1, 0.15) is 0 Å². The number of hydrogen-bond donors (Lipinski definition) is 0. The second kappa shape index (κ2) is 5.33. The standard InChI is InChI=1S/C15H15ClN4O/c1-10-6-12(16)7-13-14(10)17-9-20(15(13)21)11(2)8-19-5-3-4-18-19/h3-7,9,11H,8H2,1-2H3. The molecule has 0 spiro atoms. The molecule has 0 amide bonds. The van der Waals surface area contributed by atoms with Crippen molar-refractivity contribution in [3.63, 3.8) is 0 Å². The third-order valence-corrected chi connectivity index (χ3v) is 3.74. The summed E-state index contributed by atoms with van der Waals surface area (Å²) in [4.78, 5) is 17.0. The average Bonchev–Trinajstić information content (AvgIpc) is 2.92. The summed E-state index contributed by atoms with van der Waals surface area (Å²) in [6.07, 6.45) is 5.19. The Hall–Kier alpha value is -2.14. The topological polar surface area (TPSA) is 52.7 Å². The van der Waals surface area contributed by atoms with Crippen molar-refractivity contribution in [1.82, 2.24) is 19.3 Å². The zero-order valence-corrected chi connectivity index (χ0v) is 12.6. The number of fused-ring (bicyclic) bond motifs is 1. The van der Waals surface area contributed by atoms with Crippen molar-refractivity contribution in [3.05, 3.63) is 57.9 Å². The Morgan fingerprint density at radius 2 is 2.19 bits per heavy atom. The Bertz CT molecular complexity index is 839. The number of halogens is 1. The van der Waals surface area contributed by atoms with Crippen LogP contribution in [-0.4, -0.2) is 19.3 Å². The monoisotopic (exact) mass is 302 g/mol. The van der Waals surface area contributed by atoms with Crippen LogP contribution in [0.1, 0.15) is 18.5 Å². The molecule has 0 aliphatic rings. The molecule has 108 valence electrons. The highest BCUT2D eigenvalue weighted by Gasteiger charge is 2.12. The van der Waals surface area contributed by atoms with Gasteiger partial charge in [-0.05, 0) is 37.6 Å². The molecule has 1 unspecified atom stereocenters. The Balaban J connectivity index is 2.07. The number of benzene rings is 1. The molecule has 0 saturated carbocycles. The van der Waals surface area contributed by atoms with Crippen molar-refractivity contribution < 1.29 is 0 Å². The van der Waals surface area contributed by atoms with Gasteiger partial charge in [0.05, 0.1) is 29.8 Å². The predicted octanol–water partition coefficient (Wildman–Crippen LogP) is 2.82. The summed E-state index contributed by atoms with van der Waals surface area (Å²) in [6, 6.07) is 5.30. The van der Waals surface area contributed by atoms with E-state index < -0.39 is 0 Å². The lowest BCUT2D eigenvalue weighted by Gasteiger charge is -2.15. The summed E-state index contributed by atoms with van der Waals surface area (Å²) in [5.41, 5.74) is 1.53. The lowest BCUT2D eigenvalue weighted by atomic mass is 10.1. The van der Waals surface area contributed by atoms with Crippen LogP contribution < -0.4 is 5.56 Å². The lowest BCUT2D eigenvalue weighted by molar-refractivity contribution is 0.426. The van der Waals surface area contributed by atoms with Crippen LogP contribution in [0.25, 0.3) is 10.9 Å². The average molecular weight is 303 g/mol. The number of aromatic nitrogens is 4. The third kappa shape index (κ3) is 2.56. The van der Waals surface area contributed by atoms with E-state index in [1.54, 1.807) is 27.8 Å². The molecule has 0 aliphatic carbocycles. The number of nitrogens with zero attached hydrogens (tertiary/aromatic N) is 4. The first-order chi connectivity index (χ1) is 10.1. The first-order valence-electron chi connectivity index (χ1n) is 6.70. The van der Waals surface area contributed by atoms with E-state index in [9.17, 15) is 4.79 Å². The summed E-state index contributed by atoms with van der Waals surface area (Å²) < 4.78 is 3.42. The minimum Gasteiger partial charge on any atom is -0.294 e. The quantitative estimate of drug-likeness (QED) is 0.747. The van der Waals surface area contributed by atoms with E-state index in [0.29, 0.717) is 22.5 Å². The Morgan fingerprint density at radius 3 is 2.90 bits per heavy atom. The van der Waals surface area contributed by atoms with Gasteiger partial charge in [-0.15, -0.1) is 0 Å². The van der Waals surface area contributed by atoms with Gasteiger partial charge < -0.3 is 0 Å². The van der Waals surface area contributed by atoms with Gasteiger partial charge in [-0.2, -0.15) is 5.10 Å². The van der Waals surface area contributed by atoms with Crippen LogP contribution in [0, 0.1) is 6.92 Å². The van der Waals surface area contributed by atoms with Crippen molar-refractivity contribution in [1.29, 1.82) is 0 Å². The molecular formula is C15H15ClN4O. The number of aryl methyl sites for hydroxylation is 1. The third-order valence-electron chi connectivity index (χ3n) is 3.53. The van der Waals surface area contributed by atoms with Crippen LogP contribution in [-0.2, 0) is 6.54 Å². The van der Waals surface area contributed by atoms with E-state index in [-0.39, 0.29) is 11.6 Å². The fourth-order valence-electron chi connectivity index (χ4n) is 2.46. The lowest BCUT2D eigenvalue weighted by Crippen LogP contribution is -2.26. The summed E-state index contributed by atoms with van der Waals surface area (Å²) >= 11 is 6.05. The van der Waals surface area contributed by atoms with E-state index in [1.165, 1.54) is 0 Å². The van der Waals surface area contributed by atoms with Crippen molar-refractivity contribution in [2.45, 2.75) is 26.4 Å². The van der Waals surface area contributed by atoms with Crippen molar-refractivity contribution in [2.75, 3.05) is 0 Å². The maximum Gasteiger partial charge on any atom is 0.261 e. The van der Waals surface area contributed by atoms with Gasteiger partial charge in [-0.25, -0.2) is 4.98 Å². The van der Waals surface area contributed by atoms with Crippen LogP contribution in [0.4, 0.5) is 0 Å². The highest BCUT2D eigenvalue weighted by atomic mass is 35.5. The Labute approximate surface area is 126 Å². The van der Waals surface area contributed by atoms with Crippen LogP contribution in [0.15, 0.2) is 41.7 Å². The smallest absolute Gasteiger partial charge is 0.261 e. The van der Waals surface area contributed by atoms with E-state index in [4.69, 9.17) is 11.6 Å². The summed E-state index contributed by atoms with van der Waals surface area (Å²) in [5.74, 6) is 0. The van der Waals surface area contributed by atoms with Gasteiger partial charge >= 0.3 is 0 Å². The molecule has 0 N–H and O–H groups in total. The SMILES string of the molecule is Cc1cc(Cl)cc2c(=O)n(C(C)Cn3cccn3)cnc12. The molecule has 6 heteroatoms. The van der Waals surface area contributed by atoms with Crippen LogP contribution in [0.5, 0.6) is 0 Å². The minimum absolute atomic E-state index is 0.0476. The van der Waals surface area contributed by atoms with Gasteiger partial charge in [-0.3, -0.25) is 14.0 Å². The summed E-state index contributed by atoms with van der Waals surface area (Å²) in [6.45, 7) is 4.48. The Morgan fingerprint density at radius 1 is 1.38 bits per heavy atom. The highest BCUT2D eigenvalue weighted by molar-refractivity contribution is 6.31.